The number of benzene rings is 2. The summed E-state index contributed by atoms with van der Waals surface area (Å²) in [4.78, 5) is 40.9. The van der Waals surface area contributed by atoms with E-state index < -0.39 is 62.5 Å². The van der Waals surface area contributed by atoms with Crippen LogP contribution in [-0.4, -0.2) is 64.1 Å². The first kappa shape index (κ1) is 36.6. The highest BCUT2D eigenvalue weighted by Gasteiger charge is 2.60. The summed E-state index contributed by atoms with van der Waals surface area (Å²) in [5.41, 5.74) is -0.513. The number of aliphatic hydroxyl groups is 1. The van der Waals surface area contributed by atoms with Crippen LogP contribution in [0.1, 0.15) is 44.9 Å². The minimum Gasteiger partial charge on any atom is -0.460 e. The van der Waals surface area contributed by atoms with Crippen molar-refractivity contribution in [2.24, 2.45) is 0 Å². The number of alkyl halides is 2. The lowest BCUT2D eigenvalue weighted by Gasteiger charge is -2.24. The Morgan fingerprint density at radius 1 is 1.08 bits per heavy atom. The van der Waals surface area contributed by atoms with Crippen LogP contribution >= 0.6 is 7.75 Å². The summed E-state index contributed by atoms with van der Waals surface area (Å²) in [6.07, 6.45) is -4.23. The second-order valence-electron chi connectivity index (χ2n) is 10.8. The van der Waals surface area contributed by atoms with E-state index in [4.69, 9.17) is 23.3 Å². The summed E-state index contributed by atoms with van der Waals surface area (Å²) in [7, 11) is -4.52. The van der Waals surface area contributed by atoms with Gasteiger partial charge in [0, 0.05) is 6.20 Å². The van der Waals surface area contributed by atoms with Crippen molar-refractivity contribution >= 4 is 25.6 Å². The SMILES string of the molecule is CCCCCOC(=O)Nc1ccn([C@@H]2O[C@H](COP(=O)(N[C@@H](C)C(=O)OCc3ccccc3)Oc3ccccc3)[C@@H](O)C2(F)F)c(=O)n1. The second-order valence-corrected chi connectivity index (χ2v) is 12.5. The van der Waals surface area contributed by atoms with Gasteiger partial charge in [-0.1, -0.05) is 68.3 Å². The maximum atomic E-state index is 15.3. The van der Waals surface area contributed by atoms with E-state index >= 15 is 8.78 Å². The smallest absolute Gasteiger partial charge is 0.459 e. The molecule has 2 heterocycles. The van der Waals surface area contributed by atoms with E-state index in [-0.39, 0.29) is 24.8 Å². The number of aliphatic hydroxyl groups excluding tert-OH is 1. The van der Waals surface area contributed by atoms with Crippen molar-refractivity contribution < 1.29 is 51.3 Å². The first-order valence-corrected chi connectivity index (χ1v) is 16.7. The van der Waals surface area contributed by atoms with Crippen LogP contribution in [0.5, 0.6) is 5.75 Å². The van der Waals surface area contributed by atoms with Gasteiger partial charge in [-0.3, -0.25) is 19.2 Å². The average molecular weight is 695 g/mol. The third kappa shape index (κ3) is 9.90. The normalized spacial score (nSPS) is 20.3. The molecule has 1 aromatic heterocycles. The van der Waals surface area contributed by atoms with Crippen LogP contribution in [0.25, 0.3) is 0 Å². The monoisotopic (exact) mass is 694 g/mol. The average Bonchev–Trinajstić information content (AvgIpc) is 3.29. The lowest BCUT2D eigenvalue weighted by Crippen LogP contribution is -2.42. The van der Waals surface area contributed by atoms with E-state index in [0.29, 0.717) is 16.6 Å². The number of hydrogen-bond acceptors (Lipinski definition) is 11. The van der Waals surface area contributed by atoms with Crippen LogP contribution in [0.15, 0.2) is 77.7 Å². The number of ether oxygens (including phenoxy) is 3. The molecule has 260 valence electrons. The van der Waals surface area contributed by atoms with E-state index in [1.54, 1.807) is 48.5 Å². The van der Waals surface area contributed by atoms with E-state index in [1.807, 2.05) is 6.92 Å². The fourth-order valence-corrected chi connectivity index (χ4v) is 5.95. The minimum atomic E-state index is -4.52. The molecule has 0 spiro atoms. The van der Waals surface area contributed by atoms with E-state index in [0.717, 1.165) is 25.1 Å². The summed E-state index contributed by atoms with van der Waals surface area (Å²) in [5, 5.41) is 15.2. The number of esters is 1. The molecule has 0 aliphatic carbocycles. The van der Waals surface area contributed by atoms with E-state index in [1.165, 1.54) is 19.1 Å². The number of hydrogen-bond donors (Lipinski definition) is 3. The van der Waals surface area contributed by atoms with Crippen molar-refractivity contribution in [3.63, 3.8) is 0 Å². The van der Waals surface area contributed by atoms with Gasteiger partial charge in [0.15, 0.2) is 6.10 Å². The zero-order valence-electron chi connectivity index (χ0n) is 26.2. The molecule has 17 heteroatoms. The summed E-state index contributed by atoms with van der Waals surface area (Å²) < 4.78 is 71.3. The molecule has 3 aromatic rings. The number of amides is 1. The number of para-hydroxylation sites is 1. The van der Waals surface area contributed by atoms with Crippen molar-refractivity contribution in [1.82, 2.24) is 14.6 Å². The van der Waals surface area contributed by atoms with Crippen molar-refractivity contribution in [3.8, 4) is 5.75 Å². The van der Waals surface area contributed by atoms with Gasteiger partial charge >= 0.3 is 31.4 Å². The van der Waals surface area contributed by atoms with Crippen LogP contribution in [0.3, 0.4) is 0 Å². The number of carbonyl (C=O) groups is 2. The molecule has 0 saturated carbocycles. The van der Waals surface area contributed by atoms with Crippen molar-refractivity contribution in [2.75, 3.05) is 18.5 Å². The molecule has 14 nitrogen and oxygen atoms in total. The molecular formula is C31H37F2N4O10P. The molecule has 5 atom stereocenters. The summed E-state index contributed by atoms with van der Waals surface area (Å²) >= 11 is 0. The highest BCUT2D eigenvalue weighted by atomic mass is 31.2. The van der Waals surface area contributed by atoms with Gasteiger partial charge in [-0.15, -0.1) is 0 Å². The maximum absolute atomic E-state index is 15.3. The third-order valence-electron chi connectivity index (χ3n) is 6.98. The second kappa shape index (κ2) is 16.8. The maximum Gasteiger partial charge on any atom is 0.459 e. The molecule has 0 radical (unpaired) electrons. The fourth-order valence-electron chi connectivity index (χ4n) is 4.45. The van der Waals surface area contributed by atoms with Crippen molar-refractivity contribution in [1.29, 1.82) is 0 Å². The Morgan fingerprint density at radius 2 is 1.77 bits per heavy atom. The van der Waals surface area contributed by atoms with Crippen LogP contribution in [0, 0.1) is 0 Å². The van der Waals surface area contributed by atoms with Crippen LogP contribution in [-0.2, 0) is 34.7 Å². The summed E-state index contributed by atoms with van der Waals surface area (Å²) in [6.45, 7) is 2.49. The van der Waals surface area contributed by atoms with E-state index in [9.17, 15) is 24.1 Å². The molecule has 1 saturated heterocycles. The van der Waals surface area contributed by atoms with Gasteiger partial charge in [0.25, 0.3) is 0 Å². The molecule has 0 bridgehead atoms. The number of anilines is 1. The van der Waals surface area contributed by atoms with Crippen LogP contribution < -0.4 is 20.6 Å². The largest absolute Gasteiger partial charge is 0.460 e. The molecule has 2 aromatic carbocycles. The quantitative estimate of drug-likeness (QED) is 0.106. The summed E-state index contributed by atoms with van der Waals surface area (Å²) in [6, 6.07) is 16.4. The minimum absolute atomic E-state index is 0.0606. The first-order chi connectivity index (χ1) is 22.9. The number of aromatic nitrogens is 2. The number of nitrogens with one attached hydrogen (secondary N) is 2. The topological polar surface area (TPSA) is 177 Å². The van der Waals surface area contributed by atoms with Crippen molar-refractivity contribution in [2.45, 2.75) is 70.1 Å². The van der Waals surface area contributed by atoms with Crippen molar-refractivity contribution in [3.05, 3.63) is 89.0 Å². The Hall–Kier alpha value is -4.21. The molecular weight excluding hydrogens is 657 g/mol. The molecule has 1 amide bonds. The highest BCUT2D eigenvalue weighted by molar-refractivity contribution is 7.52. The fraction of sp³-hybridized carbons (Fsp3) is 0.419. The number of unbranched alkanes of at least 4 members (excludes halogenated alkanes) is 2. The number of rotatable bonds is 16. The highest BCUT2D eigenvalue weighted by Crippen LogP contribution is 2.48. The predicted octanol–water partition coefficient (Wildman–Crippen LogP) is 4.80. The number of nitrogens with zero attached hydrogens (tertiary/aromatic N) is 2. The Bertz CT molecular complexity index is 1620. The van der Waals surface area contributed by atoms with Gasteiger partial charge in [0.1, 0.15) is 30.3 Å². The Morgan fingerprint density at radius 3 is 2.44 bits per heavy atom. The zero-order valence-corrected chi connectivity index (χ0v) is 27.1. The summed E-state index contributed by atoms with van der Waals surface area (Å²) in [5.74, 6) is -5.04. The number of carbonyl (C=O) groups excluding carboxylic acids is 2. The molecule has 1 aliphatic heterocycles. The van der Waals surface area contributed by atoms with Gasteiger partial charge < -0.3 is 23.8 Å². The van der Waals surface area contributed by atoms with Gasteiger partial charge in [0.05, 0.1) is 13.2 Å². The molecule has 1 aliphatic rings. The first-order valence-electron chi connectivity index (χ1n) is 15.1. The Balaban J connectivity index is 1.43. The molecule has 1 fully saturated rings. The van der Waals surface area contributed by atoms with Gasteiger partial charge in [-0.2, -0.15) is 18.9 Å². The molecule has 4 rings (SSSR count). The third-order valence-corrected chi connectivity index (χ3v) is 8.62. The molecule has 3 N–H and O–H groups in total. The lowest BCUT2D eigenvalue weighted by molar-refractivity contribution is -0.146. The van der Waals surface area contributed by atoms with E-state index in [2.05, 4.69) is 15.4 Å². The Labute approximate surface area is 274 Å². The zero-order chi connectivity index (χ0) is 34.7. The van der Waals surface area contributed by atoms with Gasteiger partial charge in [-0.25, -0.2) is 14.2 Å². The van der Waals surface area contributed by atoms with Gasteiger partial charge in [-0.05, 0) is 37.1 Å². The predicted molar refractivity (Wildman–Crippen MR) is 167 cm³/mol. The van der Waals surface area contributed by atoms with Gasteiger partial charge in [0.2, 0.25) is 6.23 Å². The Kier molecular flexibility index (Phi) is 12.8. The molecule has 1 unspecified atom stereocenters. The number of halogens is 2. The lowest BCUT2D eigenvalue weighted by atomic mass is 10.1. The standard InChI is InChI=1S/C31H37F2N4O10P/c1-3-4-11-18-43-30(41)35-25-16-17-37(29(40)34-25)28-31(32,33)26(38)24(46-28)20-45-48(42,47-23-14-9-6-10-15-23)36-21(2)27(39)44-19-22-12-7-5-8-13-22/h5-10,12-17,21,24,26,28,38H,3-4,11,18-20H2,1-2H3,(H,36,42)(H,34,35,40,41)/t21-,24+,26+,28+,48?/m0/s1. The van der Waals surface area contributed by atoms with Crippen LogP contribution in [0.2, 0.25) is 0 Å². The van der Waals surface area contributed by atoms with Crippen LogP contribution in [0.4, 0.5) is 19.4 Å². The molecule has 48 heavy (non-hydrogen) atoms.